The van der Waals surface area contributed by atoms with E-state index in [4.69, 9.17) is 5.11 Å². The first kappa shape index (κ1) is 11.8. The number of hydrogen-bond donors (Lipinski definition) is 2. The lowest BCUT2D eigenvalue weighted by Gasteiger charge is -2.13. The lowest BCUT2D eigenvalue weighted by atomic mass is 10.2. The molecule has 1 aromatic rings. The lowest BCUT2D eigenvalue weighted by Crippen LogP contribution is -2.08. The molecule has 0 saturated carbocycles. The van der Waals surface area contributed by atoms with Crippen LogP contribution in [0.3, 0.4) is 0 Å². The van der Waals surface area contributed by atoms with Gasteiger partial charge in [0.05, 0.1) is 5.56 Å². The van der Waals surface area contributed by atoms with Gasteiger partial charge in [0.15, 0.2) is 0 Å². The predicted octanol–water partition coefficient (Wildman–Crippen LogP) is 1.62. The summed E-state index contributed by atoms with van der Waals surface area (Å²) in [5.74, 6) is -0.954. The van der Waals surface area contributed by atoms with Gasteiger partial charge in [0.2, 0.25) is 0 Å². The van der Waals surface area contributed by atoms with Crippen molar-refractivity contribution < 1.29 is 27.0 Å². The highest BCUT2D eigenvalue weighted by molar-refractivity contribution is 7.80. The molecule has 15 heavy (non-hydrogen) atoms. The zero-order chi connectivity index (χ0) is 11.6. The van der Waals surface area contributed by atoms with Crippen LogP contribution in [0.2, 0.25) is 0 Å². The Balaban J connectivity index is 3.11. The van der Waals surface area contributed by atoms with Gasteiger partial charge in [-0.25, -0.2) is 0 Å². The highest BCUT2D eigenvalue weighted by atomic mass is 32.2. The zero-order valence-corrected chi connectivity index (χ0v) is 7.85. The Labute approximate surface area is 85.1 Å². The van der Waals surface area contributed by atoms with Crippen molar-refractivity contribution in [3.8, 4) is 5.75 Å². The molecule has 0 radical (unpaired) electrons. The lowest BCUT2D eigenvalue weighted by molar-refractivity contribution is -0.138. The number of phenolic OH excluding ortho intramolecular Hbond substituents is 1. The molecule has 0 aromatic heterocycles. The molecule has 0 spiro atoms. The molecular formula is C7H5F3NO3S-. The van der Waals surface area contributed by atoms with Crippen molar-refractivity contribution in [3.05, 3.63) is 23.8 Å². The highest BCUT2D eigenvalue weighted by Crippen LogP contribution is 2.37. The number of benzene rings is 1. The number of nitrogens with one attached hydrogen (secondary N) is 1. The third kappa shape index (κ3) is 3.10. The Morgan fingerprint density at radius 2 is 2.00 bits per heavy atom. The second kappa shape index (κ2) is 4.07. The van der Waals surface area contributed by atoms with Crippen LogP contribution in [0.25, 0.3) is 0 Å². The number of hydrogen-bond acceptors (Lipinski definition) is 3. The molecule has 0 fully saturated rings. The van der Waals surface area contributed by atoms with Gasteiger partial charge in [0, 0.05) is 17.0 Å². The van der Waals surface area contributed by atoms with Gasteiger partial charge in [-0.05, 0) is 18.2 Å². The monoisotopic (exact) mass is 240 g/mol. The van der Waals surface area contributed by atoms with Crippen LogP contribution in [0.4, 0.5) is 18.9 Å². The van der Waals surface area contributed by atoms with E-state index in [1.807, 2.05) is 0 Å². The molecule has 0 heterocycles. The Hall–Kier alpha value is -1.28. The van der Waals surface area contributed by atoms with E-state index in [9.17, 15) is 21.9 Å². The van der Waals surface area contributed by atoms with Gasteiger partial charge >= 0.3 is 6.18 Å². The van der Waals surface area contributed by atoms with Crippen LogP contribution in [0.1, 0.15) is 5.56 Å². The topological polar surface area (TPSA) is 72.4 Å². The number of anilines is 1. The molecule has 0 aliphatic rings. The fourth-order valence-corrected chi connectivity index (χ4v) is 1.24. The fourth-order valence-electron chi connectivity index (χ4n) is 0.923. The SMILES string of the molecule is O=S([O-])Nc1ccc(O)c(C(F)(F)F)c1. The molecule has 0 saturated heterocycles. The van der Waals surface area contributed by atoms with E-state index in [1.54, 1.807) is 4.72 Å². The first-order valence-corrected chi connectivity index (χ1v) is 4.64. The maximum atomic E-state index is 12.2. The Morgan fingerprint density at radius 3 is 2.47 bits per heavy atom. The van der Waals surface area contributed by atoms with Crippen molar-refractivity contribution in [2.24, 2.45) is 0 Å². The summed E-state index contributed by atoms with van der Waals surface area (Å²) in [4.78, 5) is 0. The summed E-state index contributed by atoms with van der Waals surface area (Å²) in [7, 11) is 0. The van der Waals surface area contributed by atoms with Crippen LogP contribution in [0.15, 0.2) is 18.2 Å². The predicted molar refractivity (Wildman–Crippen MR) is 45.7 cm³/mol. The van der Waals surface area contributed by atoms with E-state index < -0.39 is 28.8 Å². The summed E-state index contributed by atoms with van der Waals surface area (Å²) < 4.78 is 58.7. The van der Waals surface area contributed by atoms with Crippen LogP contribution in [0.5, 0.6) is 5.75 Å². The minimum absolute atomic E-state index is 0.270. The number of aromatic hydroxyl groups is 1. The van der Waals surface area contributed by atoms with Crippen LogP contribution < -0.4 is 4.72 Å². The minimum atomic E-state index is -4.73. The molecule has 1 unspecified atom stereocenters. The molecule has 84 valence electrons. The quantitative estimate of drug-likeness (QED) is 0.609. The van der Waals surface area contributed by atoms with Crippen molar-refractivity contribution in [1.82, 2.24) is 0 Å². The van der Waals surface area contributed by atoms with Crippen LogP contribution in [-0.2, 0) is 17.4 Å². The third-order valence-corrected chi connectivity index (χ3v) is 1.91. The molecule has 4 nitrogen and oxygen atoms in total. The van der Waals surface area contributed by atoms with Crippen molar-refractivity contribution in [2.45, 2.75) is 6.18 Å². The minimum Gasteiger partial charge on any atom is -0.755 e. The third-order valence-electron chi connectivity index (χ3n) is 1.50. The number of phenols is 1. The van der Waals surface area contributed by atoms with Gasteiger partial charge in [-0.3, -0.25) is 4.21 Å². The van der Waals surface area contributed by atoms with E-state index in [-0.39, 0.29) is 5.69 Å². The van der Waals surface area contributed by atoms with E-state index in [1.165, 1.54) is 0 Å². The molecule has 2 N–H and O–H groups in total. The van der Waals surface area contributed by atoms with Gasteiger partial charge in [0.1, 0.15) is 5.75 Å². The van der Waals surface area contributed by atoms with E-state index in [2.05, 4.69) is 0 Å². The van der Waals surface area contributed by atoms with Gasteiger partial charge in [0.25, 0.3) is 0 Å². The molecule has 1 rings (SSSR count). The van der Waals surface area contributed by atoms with Crippen LogP contribution in [0, 0.1) is 0 Å². The standard InChI is InChI=1S/C7H6F3NO3S/c8-7(9,10)5-3-4(11-15(13)14)1-2-6(5)12/h1-3,11-12H,(H,13,14)/p-1. The van der Waals surface area contributed by atoms with Crippen molar-refractivity contribution >= 4 is 17.0 Å². The van der Waals surface area contributed by atoms with E-state index in [0.29, 0.717) is 6.07 Å². The van der Waals surface area contributed by atoms with Crippen LogP contribution in [-0.4, -0.2) is 13.9 Å². The highest BCUT2D eigenvalue weighted by Gasteiger charge is 2.34. The number of halogens is 3. The van der Waals surface area contributed by atoms with E-state index >= 15 is 0 Å². The van der Waals surface area contributed by atoms with Gasteiger partial charge in [-0.2, -0.15) is 13.2 Å². The molecule has 1 atom stereocenters. The zero-order valence-electron chi connectivity index (χ0n) is 7.04. The van der Waals surface area contributed by atoms with Gasteiger partial charge in [-0.15, -0.1) is 0 Å². The number of alkyl halides is 3. The molecule has 0 aliphatic heterocycles. The molecular weight excluding hydrogens is 235 g/mol. The van der Waals surface area contributed by atoms with Crippen molar-refractivity contribution in [2.75, 3.05) is 4.72 Å². The Bertz CT molecular complexity index is 394. The summed E-state index contributed by atoms with van der Waals surface area (Å²) in [6.45, 7) is 0. The van der Waals surface area contributed by atoms with Crippen LogP contribution >= 0.6 is 0 Å². The second-order valence-corrected chi connectivity index (χ2v) is 3.24. The summed E-state index contributed by atoms with van der Waals surface area (Å²) in [6, 6.07) is 2.28. The average molecular weight is 240 g/mol. The molecule has 0 amide bonds. The molecule has 1 aromatic carbocycles. The van der Waals surface area contributed by atoms with E-state index in [0.717, 1.165) is 12.1 Å². The summed E-state index contributed by atoms with van der Waals surface area (Å²) in [6.07, 6.45) is -4.73. The van der Waals surface area contributed by atoms with Gasteiger partial charge < -0.3 is 14.4 Å². The largest absolute Gasteiger partial charge is 0.755 e. The molecule has 8 heteroatoms. The normalized spacial score (nSPS) is 13.6. The van der Waals surface area contributed by atoms with Gasteiger partial charge in [-0.1, -0.05) is 0 Å². The van der Waals surface area contributed by atoms with Crippen molar-refractivity contribution in [3.63, 3.8) is 0 Å². The summed E-state index contributed by atoms with van der Waals surface area (Å²) in [5.41, 5.74) is -1.56. The first-order chi connectivity index (χ1) is 6.80. The Morgan fingerprint density at radius 1 is 1.40 bits per heavy atom. The number of rotatable bonds is 2. The Kier molecular flexibility index (Phi) is 3.20. The smallest absolute Gasteiger partial charge is 0.420 e. The first-order valence-electron chi connectivity index (χ1n) is 3.57. The average Bonchev–Trinajstić information content (AvgIpc) is 2.05. The maximum absolute atomic E-state index is 12.2. The van der Waals surface area contributed by atoms with Crippen molar-refractivity contribution in [1.29, 1.82) is 0 Å². The maximum Gasteiger partial charge on any atom is 0.420 e. The molecule has 0 aliphatic carbocycles. The fraction of sp³-hybridized carbons (Fsp3) is 0.143. The summed E-state index contributed by atoms with van der Waals surface area (Å²) in [5, 5.41) is 8.90. The molecule has 0 bridgehead atoms. The second-order valence-electron chi connectivity index (χ2n) is 2.57. The summed E-state index contributed by atoms with van der Waals surface area (Å²) >= 11 is -2.71.